The molecule has 0 aliphatic carbocycles. The molecule has 0 spiro atoms. The predicted octanol–water partition coefficient (Wildman–Crippen LogP) is 4.04. The van der Waals surface area contributed by atoms with Gasteiger partial charge in [-0.3, -0.25) is 9.59 Å². The number of halogens is 3. The summed E-state index contributed by atoms with van der Waals surface area (Å²) in [5.74, 6) is -1.25. The molecule has 1 aromatic rings. The van der Waals surface area contributed by atoms with Crippen molar-refractivity contribution in [2.24, 2.45) is 5.73 Å². The molecule has 0 aromatic heterocycles. The van der Waals surface area contributed by atoms with Crippen LogP contribution in [-0.4, -0.2) is 17.9 Å². The molecular weight excluding hydrogens is 333 g/mol. The molecule has 4 nitrogen and oxygen atoms in total. The number of benzene rings is 1. The van der Waals surface area contributed by atoms with Crippen LogP contribution in [0.1, 0.15) is 67.8 Å². The van der Waals surface area contributed by atoms with Gasteiger partial charge in [0.25, 0.3) is 5.91 Å². The number of amides is 2. The van der Waals surface area contributed by atoms with Gasteiger partial charge in [-0.1, -0.05) is 45.4 Å². The van der Waals surface area contributed by atoms with Crippen molar-refractivity contribution in [1.82, 2.24) is 5.32 Å². The average Bonchev–Trinajstić information content (AvgIpc) is 2.55. The van der Waals surface area contributed by atoms with Crippen LogP contribution in [0.4, 0.5) is 13.2 Å². The number of carbonyl (C=O) groups is 2. The van der Waals surface area contributed by atoms with Crippen molar-refractivity contribution < 1.29 is 22.8 Å². The van der Waals surface area contributed by atoms with Gasteiger partial charge in [0, 0.05) is 5.56 Å². The fourth-order valence-electron chi connectivity index (χ4n) is 2.47. The zero-order valence-corrected chi connectivity index (χ0v) is 14.4. The van der Waals surface area contributed by atoms with E-state index in [1.165, 1.54) is 6.42 Å². The van der Waals surface area contributed by atoms with E-state index in [0.29, 0.717) is 6.42 Å². The van der Waals surface area contributed by atoms with E-state index < -0.39 is 29.6 Å². The molecular formula is C18H25F3N2O2. The first-order valence-electron chi connectivity index (χ1n) is 8.53. The van der Waals surface area contributed by atoms with Crippen molar-refractivity contribution in [3.63, 3.8) is 0 Å². The largest absolute Gasteiger partial charge is 0.416 e. The second-order valence-electron chi connectivity index (χ2n) is 6.06. The van der Waals surface area contributed by atoms with E-state index in [4.69, 9.17) is 5.73 Å². The minimum atomic E-state index is -4.46. The van der Waals surface area contributed by atoms with Crippen molar-refractivity contribution in [2.75, 3.05) is 0 Å². The Morgan fingerprint density at radius 1 is 1.04 bits per heavy atom. The number of hydrogen-bond donors (Lipinski definition) is 2. The molecule has 140 valence electrons. The molecule has 0 saturated carbocycles. The van der Waals surface area contributed by atoms with Crippen LogP contribution in [-0.2, 0) is 11.0 Å². The van der Waals surface area contributed by atoms with Gasteiger partial charge in [0.1, 0.15) is 6.04 Å². The molecule has 0 aliphatic rings. The number of nitrogens with one attached hydrogen (secondary N) is 1. The van der Waals surface area contributed by atoms with E-state index in [1.807, 2.05) is 0 Å². The lowest BCUT2D eigenvalue weighted by molar-refractivity contribution is -0.137. The molecule has 1 aromatic carbocycles. The van der Waals surface area contributed by atoms with Gasteiger partial charge < -0.3 is 11.1 Å². The van der Waals surface area contributed by atoms with Crippen LogP contribution in [0.2, 0.25) is 0 Å². The number of hydrogen-bond acceptors (Lipinski definition) is 2. The van der Waals surface area contributed by atoms with E-state index in [9.17, 15) is 22.8 Å². The molecule has 1 rings (SSSR count). The summed E-state index contributed by atoms with van der Waals surface area (Å²) in [6.07, 6.45) is 2.18. The van der Waals surface area contributed by atoms with Crippen LogP contribution in [0.3, 0.4) is 0 Å². The Labute approximate surface area is 146 Å². The molecule has 0 saturated heterocycles. The molecule has 1 atom stereocenters. The first kappa shape index (κ1) is 21.0. The van der Waals surface area contributed by atoms with Crippen molar-refractivity contribution in [3.05, 3.63) is 35.4 Å². The topological polar surface area (TPSA) is 72.2 Å². The maximum atomic E-state index is 12.5. The summed E-state index contributed by atoms with van der Waals surface area (Å²) in [6.45, 7) is 2.12. The van der Waals surface area contributed by atoms with Crippen molar-refractivity contribution in [3.8, 4) is 0 Å². The summed E-state index contributed by atoms with van der Waals surface area (Å²) in [6, 6.07) is 3.02. The first-order valence-corrected chi connectivity index (χ1v) is 8.53. The Hall–Kier alpha value is -2.05. The molecule has 0 aliphatic heterocycles. The summed E-state index contributed by atoms with van der Waals surface area (Å²) >= 11 is 0. The molecule has 0 bridgehead atoms. The maximum absolute atomic E-state index is 12.5. The van der Waals surface area contributed by atoms with Gasteiger partial charge in [-0.25, -0.2) is 0 Å². The van der Waals surface area contributed by atoms with Crippen molar-refractivity contribution in [1.29, 1.82) is 0 Å². The highest BCUT2D eigenvalue weighted by Crippen LogP contribution is 2.29. The van der Waals surface area contributed by atoms with Crippen LogP contribution in [0.15, 0.2) is 24.3 Å². The standard InChI is InChI=1S/C18H25F3N2O2/c1-2-3-4-5-6-7-8-15(16(22)24)23-17(25)13-9-11-14(12-10-13)18(19,20)21/h9-12,15H,2-8H2,1H3,(H2,22,24)(H,23,25)/t15-/m1/s1. The average molecular weight is 358 g/mol. The number of alkyl halides is 3. The predicted molar refractivity (Wildman–Crippen MR) is 89.9 cm³/mol. The van der Waals surface area contributed by atoms with Crippen LogP contribution < -0.4 is 11.1 Å². The Morgan fingerprint density at radius 2 is 1.60 bits per heavy atom. The Balaban J connectivity index is 2.54. The number of primary amides is 1. The van der Waals surface area contributed by atoms with Crippen molar-refractivity contribution >= 4 is 11.8 Å². The van der Waals surface area contributed by atoms with Gasteiger partial charge in [-0.15, -0.1) is 0 Å². The number of rotatable bonds is 10. The quantitative estimate of drug-likeness (QED) is 0.620. The van der Waals surface area contributed by atoms with E-state index in [2.05, 4.69) is 12.2 Å². The summed E-state index contributed by atoms with van der Waals surface area (Å²) in [5, 5.41) is 2.50. The molecule has 3 N–H and O–H groups in total. The first-order chi connectivity index (χ1) is 11.8. The Bertz CT molecular complexity index is 556. The van der Waals surface area contributed by atoms with E-state index >= 15 is 0 Å². The summed E-state index contributed by atoms with van der Waals surface area (Å²) in [5.41, 5.74) is 4.53. The fourth-order valence-corrected chi connectivity index (χ4v) is 2.47. The lowest BCUT2D eigenvalue weighted by atomic mass is 10.0. The van der Waals surface area contributed by atoms with Gasteiger partial charge >= 0.3 is 6.18 Å². The third-order valence-electron chi connectivity index (χ3n) is 3.97. The van der Waals surface area contributed by atoms with Crippen LogP contribution >= 0.6 is 0 Å². The van der Waals surface area contributed by atoms with Crippen molar-refractivity contribution in [2.45, 2.75) is 64.1 Å². The second kappa shape index (κ2) is 10.1. The van der Waals surface area contributed by atoms with Crippen LogP contribution in [0.5, 0.6) is 0 Å². The van der Waals surface area contributed by atoms with Gasteiger partial charge in [0.05, 0.1) is 5.56 Å². The van der Waals surface area contributed by atoms with Gasteiger partial charge in [-0.2, -0.15) is 13.2 Å². The molecule has 0 radical (unpaired) electrons. The number of nitrogens with two attached hydrogens (primary N) is 1. The van der Waals surface area contributed by atoms with E-state index in [-0.39, 0.29) is 5.56 Å². The minimum Gasteiger partial charge on any atom is -0.368 e. The van der Waals surface area contributed by atoms with Crippen LogP contribution in [0, 0.1) is 0 Å². The second-order valence-corrected chi connectivity index (χ2v) is 6.06. The third-order valence-corrected chi connectivity index (χ3v) is 3.97. The van der Waals surface area contributed by atoms with Crippen LogP contribution in [0.25, 0.3) is 0 Å². The molecule has 7 heteroatoms. The molecule has 2 amide bonds. The highest BCUT2D eigenvalue weighted by Gasteiger charge is 2.30. The molecule has 0 unspecified atom stereocenters. The zero-order chi connectivity index (χ0) is 18.9. The summed E-state index contributed by atoms with van der Waals surface area (Å²) < 4.78 is 37.6. The minimum absolute atomic E-state index is 0.0576. The number of carbonyl (C=O) groups excluding carboxylic acids is 2. The lowest BCUT2D eigenvalue weighted by Gasteiger charge is -2.16. The van der Waals surface area contributed by atoms with Gasteiger partial charge in [0.2, 0.25) is 5.91 Å². The van der Waals surface area contributed by atoms with E-state index in [0.717, 1.165) is 56.4 Å². The third kappa shape index (κ3) is 7.58. The monoisotopic (exact) mass is 358 g/mol. The lowest BCUT2D eigenvalue weighted by Crippen LogP contribution is -2.44. The highest BCUT2D eigenvalue weighted by molar-refractivity contribution is 5.97. The summed E-state index contributed by atoms with van der Waals surface area (Å²) in [4.78, 5) is 23.6. The molecule has 25 heavy (non-hydrogen) atoms. The Kier molecular flexibility index (Phi) is 8.45. The number of unbranched alkanes of at least 4 members (excludes halogenated alkanes) is 5. The normalized spacial score (nSPS) is 12.6. The smallest absolute Gasteiger partial charge is 0.368 e. The maximum Gasteiger partial charge on any atom is 0.416 e. The molecule has 0 fully saturated rings. The van der Waals surface area contributed by atoms with E-state index in [1.54, 1.807) is 0 Å². The Morgan fingerprint density at radius 3 is 2.12 bits per heavy atom. The highest BCUT2D eigenvalue weighted by atomic mass is 19.4. The fraction of sp³-hybridized carbons (Fsp3) is 0.556. The molecule has 0 heterocycles. The summed E-state index contributed by atoms with van der Waals surface area (Å²) in [7, 11) is 0. The zero-order valence-electron chi connectivity index (χ0n) is 14.4. The van der Waals surface area contributed by atoms with Gasteiger partial charge in [0.15, 0.2) is 0 Å². The SMILES string of the molecule is CCCCCCCC[C@@H](NC(=O)c1ccc(C(F)(F)F)cc1)C(N)=O. The van der Waals surface area contributed by atoms with Gasteiger partial charge in [-0.05, 0) is 30.7 Å².